The number of hydrogen-bond acceptors (Lipinski definition) is 6. The molecule has 0 spiro atoms. The maximum atomic E-state index is 12.4. The fraction of sp³-hybridized carbons (Fsp3) is 0.281. The molecule has 1 amide bonds. The summed E-state index contributed by atoms with van der Waals surface area (Å²) >= 11 is 5.94. The van der Waals surface area contributed by atoms with Gasteiger partial charge in [-0.15, -0.1) is 0 Å². The van der Waals surface area contributed by atoms with Crippen molar-refractivity contribution >= 4 is 40.3 Å². The Morgan fingerprint density at radius 1 is 1.12 bits per heavy atom. The predicted molar refractivity (Wildman–Crippen MR) is 171 cm³/mol. The second-order valence-corrected chi connectivity index (χ2v) is 11.3. The van der Waals surface area contributed by atoms with Gasteiger partial charge >= 0.3 is 0 Å². The number of rotatable bonds is 8. The van der Waals surface area contributed by atoms with E-state index < -0.39 is 4.92 Å². The van der Waals surface area contributed by atoms with Gasteiger partial charge in [0, 0.05) is 40.9 Å². The van der Waals surface area contributed by atoms with Crippen molar-refractivity contribution in [1.82, 2.24) is 14.9 Å². The Hall–Kier alpha value is -4.77. The first-order chi connectivity index (χ1) is 20.5. The molecule has 10 nitrogen and oxygen atoms in total. The van der Waals surface area contributed by atoms with E-state index in [0.717, 1.165) is 39.6 Å². The number of benzene rings is 2. The van der Waals surface area contributed by atoms with E-state index in [2.05, 4.69) is 26.6 Å². The van der Waals surface area contributed by atoms with Gasteiger partial charge in [-0.25, -0.2) is 0 Å². The molecule has 2 atom stereocenters. The highest BCUT2D eigenvalue weighted by Crippen LogP contribution is 2.45. The van der Waals surface area contributed by atoms with Crippen LogP contribution < -0.4 is 20.3 Å². The molecule has 222 valence electrons. The van der Waals surface area contributed by atoms with E-state index in [9.17, 15) is 14.9 Å². The van der Waals surface area contributed by atoms with Crippen molar-refractivity contribution in [2.24, 2.45) is 5.92 Å². The number of aromatic nitrogens is 2. The molecule has 3 heterocycles. The van der Waals surface area contributed by atoms with Gasteiger partial charge in [0.05, 0.1) is 41.6 Å². The van der Waals surface area contributed by atoms with Crippen LogP contribution in [-0.2, 0) is 4.79 Å². The van der Waals surface area contributed by atoms with Crippen molar-refractivity contribution in [1.29, 1.82) is 0 Å². The van der Waals surface area contributed by atoms with Crippen molar-refractivity contribution in [2.45, 2.75) is 46.7 Å². The number of thiocarbonyl (C=S) groups is 1. The minimum Gasteiger partial charge on any atom is -0.494 e. The Balaban J connectivity index is 1.64. The third-order valence-electron chi connectivity index (χ3n) is 7.77. The summed E-state index contributed by atoms with van der Waals surface area (Å²) in [6.45, 7) is 9.70. The molecule has 0 saturated carbocycles. The third kappa shape index (κ3) is 5.55. The first kappa shape index (κ1) is 29.7. The number of non-ortho nitro benzene ring substituents is 1. The summed E-state index contributed by atoms with van der Waals surface area (Å²) in [6.07, 6.45) is 1.77. The molecule has 1 fully saturated rings. The van der Waals surface area contributed by atoms with E-state index >= 15 is 0 Å². The number of anilines is 2. The van der Waals surface area contributed by atoms with E-state index in [1.165, 1.54) is 19.2 Å². The molecular weight excluding hydrogens is 564 g/mol. The lowest BCUT2D eigenvalue weighted by Gasteiger charge is -2.29. The topological polar surface area (TPSA) is 115 Å². The Morgan fingerprint density at radius 3 is 2.51 bits per heavy atom. The third-order valence-corrected chi connectivity index (χ3v) is 8.09. The maximum absolute atomic E-state index is 12.4. The van der Waals surface area contributed by atoms with E-state index in [1.54, 1.807) is 12.3 Å². The average Bonchev–Trinajstić information content (AvgIpc) is 3.48. The Labute approximate surface area is 255 Å². The number of nitro groups is 1. The van der Waals surface area contributed by atoms with Gasteiger partial charge in [0.15, 0.2) is 5.11 Å². The van der Waals surface area contributed by atoms with Gasteiger partial charge in [-0.05, 0) is 86.6 Å². The second kappa shape index (κ2) is 11.8. The summed E-state index contributed by atoms with van der Waals surface area (Å²) in [6, 6.07) is 17.9. The molecular formula is C32H34N6O4S. The molecule has 2 N–H and O–H groups in total. The first-order valence-electron chi connectivity index (χ1n) is 14.0. The fourth-order valence-electron chi connectivity index (χ4n) is 5.59. The lowest BCUT2D eigenvalue weighted by molar-refractivity contribution is -0.384. The van der Waals surface area contributed by atoms with Crippen LogP contribution in [0.15, 0.2) is 66.9 Å². The van der Waals surface area contributed by atoms with Crippen molar-refractivity contribution in [3.8, 4) is 11.4 Å². The highest BCUT2D eigenvalue weighted by atomic mass is 32.1. The van der Waals surface area contributed by atoms with E-state index in [4.69, 9.17) is 17.0 Å². The zero-order chi connectivity index (χ0) is 31.0. The number of carbonyl (C=O) groups excluding carboxylic acids is 1. The molecule has 2 unspecified atom stereocenters. The summed E-state index contributed by atoms with van der Waals surface area (Å²) in [5.74, 6) is 0.217. The van der Waals surface area contributed by atoms with Crippen LogP contribution in [0.1, 0.15) is 54.1 Å². The van der Waals surface area contributed by atoms with E-state index in [0.29, 0.717) is 16.5 Å². The molecule has 43 heavy (non-hydrogen) atoms. The van der Waals surface area contributed by atoms with Gasteiger partial charge in [0.2, 0.25) is 5.91 Å². The van der Waals surface area contributed by atoms with Crippen molar-refractivity contribution in [2.75, 3.05) is 17.3 Å². The summed E-state index contributed by atoms with van der Waals surface area (Å²) in [7, 11) is 1.51. The van der Waals surface area contributed by atoms with Crippen LogP contribution >= 0.6 is 12.2 Å². The largest absolute Gasteiger partial charge is 0.494 e. The zero-order valence-electron chi connectivity index (χ0n) is 24.9. The molecule has 1 saturated heterocycles. The van der Waals surface area contributed by atoms with Crippen LogP contribution in [0.2, 0.25) is 0 Å². The van der Waals surface area contributed by atoms with Crippen molar-refractivity contribution < 1.29 is 14.5 Å². The maximum Gasteiger partial charge on any atom is 0.273 e. The lowest BCUT2D eigenvalue weighted by Crippen LogP contribution is -2.29. The number of nitro benzene ring substituents is 1. The van der Waals surface area contributed by atoms with Crippen molar-refractivity contribution in [3.05, 3.63) is 105 Å². The minimum atomic E-state index is -0.435. The standard InChI is InChI=1S/C32H34N6O4S/c1-18(2)31(39)34-25-12-10-22(15-19(25)3)37-30(29(35-32(37)43)26-9-7-8-14-33-26)24-16-20(4)36(21(24)5)27-13-11-23(38(40)41)17-28(27)42-6/h7-18,29-30H,1-6H3,(H,34,39)(H,35,43). The number of aryl methyl sites for hydroxylation is 2. The van der Waals surface area contributed by atoms with Gasteiger partial charge < -0.3 is 24.8 Å². The molecule has 1 aliphatic heterocycles. The lowest BCUT2D eigenvalue weighted by atomic mass is 9.96. The first-order valence-corrected chi connectivity index (χ1v) is 14.4. The Bertz CT molecular complexity index is 1720. The second-order valence-electron chi connectivity index (χ2n) is 10.9. The van der Waals surface area contributed by atoms with Gasteiger partial charge in [-0.1, -0.05) is 19.9 Å². The SMILES string of the molecule is COc1cc([N+](=O)[O-])ccc1-n1c(C)cc(C2C(c3ccccn3)NC(=S)N2c2ccc(NC(=O)C(C)C)c(C)c2)c1C. The Kier molecular flexibility index (Phi) is 8.19. The summed E-state index contributed by atoms with van der Waals surface area (Å²) in [5, 5.41) is 18.5. The van der Waals surface area contributed by atoms with E-state index in [-0.39, 0.29) is 29.6 Å². The molecule has 0 aliphatic carbocycles. The van der Waals surface area contributed by atoms with Crippen LogP contribution in [0.3, 0.4) is 0 Å². The predicted octanol–water partition coefficient (Wildman–Crippen LogP) is 6.49. The molecule has 2 aromatic heterocycles. The summed E-state index contributed by atoms with van der Waals surface area (Å²) < 4.78 is 7.64. The van der Waals surface area contributed by atoms with Crippen LogP contribution in [0.4, 0.5) is 17.1 Å². The average molecular weight is 599 g/mol. The van der Waals surface area contributed by atoms with E-state index in [1.807, 2.05) is 75.6 Å². The van der Waals surface area contributed by atoms with Gasteiger partial charge in [-0.3, -0.25) is 19.9 Å². The number of nitrogens with one attached hydrogen (secondary N) is 2. The minimum absolute atomic E-state index is 0.0431. The quantitative estimate of drug-likeness (QED) is 0.134. The zero-order valence-corrected chi connectivity index (χ0v) is 25.7. The van der Waals surface area contributed by atoms with Crippen LogP contribution in [0.5, 0.6) is 5.75 Å². The number of pyridine rings is 1. The summed E-state index contributed by atoms with van der Waals surface area (Å²) in [5.41, 5.74) is 6.91. The fourth-order valence-corrected chi connectivity index (χ4v) is 5.93. The van der Waals surface area contributed by atoms with Gasteiger partial charge in [0.1, 0.15) is 5.75 Å². The number of nitrogens with zero attached hydrogens (tertiary/aromatic N) is 4. The number of ether oxygens (including phenoxy) is 1. The number of amides is 1. The molecule has 0 radical (unpaired) electrons. The van der Waals surface area contributed by atoms with Gasteiger partial charge in [0.25, 0.3) is 5.69 Å². The number of hydrogen-bond donors (Lipinski definition) is 2. The highest BCUT2D eigenvalue weighted by Gasteiger charge is 2.42. The van der Waals surface area contributed by atoms with Crippen LogP contribution in [0.25, 0.3) is 5.69 Å². The Morgan fingerprint density at radius 2 is 1.88 bits per heavy atom. The molecule has 4 aromatic rings. The molecule has 2 aromatic carbocycles. The number of carbonyl (C=O) groups is 1. The molecule has 1 aliphatic rings. The molecule has 0 bridgehead atoms. The van der Waals surface area contributed by atoms with Crippen LogP contribution in [-0.4, -0.2) is 32.6 Å². The van der Waals surface area contributed by atoms with Gasteiger partial charge in [-0.2, -0.15) is 0 Å². The normalized spacial score (nSPS) is 16.3. The molecule has 11 heteroatoms. The number of methoxy groups -OCH3 is 1. The smallest absolute Gasteiger partial charge is 0.273 e. The molecule has 5 rings (SSSR count). The van der Waals surface area contributed by atoms with Crippen molar-refractivity contribution in [3.63, 3.8) is 0 Å². The monoisotopic (exact) mass is 598 g/mol. The highest BCUT2D eigenvalue weighted by molar-refractivity contribution is 7.80. The summed E-state index contributed by atoms with van der Waals surface area (Å²) in [4.78, 5) is 30.1. The van der Waals surface area contributed by atoms with Crippen LogP contribution in [0, 0.1) is 36.8 Å².